The number of aryl methyl sites for hydroxylation is 3. The van der Waals surface area contributed by atoms with Gasteiger partial charge in [0.15, 0.2) is 0 Å². The first kappa shape index (κ1) is 20.1. The van der Waals surface area contributed by atoms with E-state index in [0.29, 0.717) is 6.04 Å². The average molecular weight is 418 g/mol. The van der Waals surface area contributed by atoms with Crippen LogP contribution >= 0.6 is 0 Å². The van der Waals surface area contributed by atoms with E-state index in [0.717, 1.165) is 76.2 Å². The van der Waals surface area contributed by atoms with Crippen molar-refractivity contribution in [1.82, 2.24) is 24.2 Å². The number of hydrogen-bond acceptors (Lipinski definition) is 5. The van der Waals surface area contributed by atoms with Crippen molar-refractivity contribution in [2.75, 3.05) is 25.0 Å². The van der Waals surface area contributed by atoms with Crippen LogP contribution in [0.2, 0.25) is 0 Å². The van der Waals surface area contributed by atoms with Crippen LogP contribution in [0, 0.1) is 17.2 Å². The lowest BCUT2D eigenvalue weighted by Crippen LogP contribution is -2.35. The van der Waals surface area contributed by atoms with Crippen LogP contribution in [0.1, 0.15) is 37.6 Å². The second-order valence-corrected chi connectivity index (χ2v) is 8.99. The van der Waals surface area contributed by atoms with Gasteiger partial charge >= 0.3 is 0 Å². The number of nitrogens with zero attached hydrogens (tertiary/aromatic N) is 6. The summed E-state index contributed by atoms with van der Waals surface area (Å²) < 4.78 is 4.41. The highest BCUT2D eigenvalue weighted by Gasteiger charge is 2.22. The number of imidazole rings is 1. The zero-order valence-electron chi connectivity index (χ0n) is 18.3. The standard InChI is InChI=1S/C24H31N7/c1-18-3-4-20-21(27-18)5-6-22-24(20)28-23(9-14-30-11-2-10-26-30)31(22)16-15-29-12-7-19(17-25)8-13-29/h2,5-6,10-11,18-19,27H,3-4,7-9,12-16H2,1H3/t18-/m0/s1. The van der Waals surface area contributed by atoms with Crippen molar-refractivity contribution in [2.45, 2.75) is 58.2 Å². The van der Waals surface area contributed by atoms with Gasteiger partial charge in [-0.3, -0.25) is 4.68 Å². The Balaban J connectivity index is 1.41. The van der Waals surface area contributed by atoms with Gasteiger partial charge in [0, 0.05) is 61.7 Å². The fourth-order valence-electron chi connectivity index (χ4n) is 5.00. The van der Waals surface area contributed by atoms with Gasteiger partial charge < -0.3 is 14.8 Å². The summed E-state index contributed by atoms with van der Waals surface area (Å²) in [5, 5.41) is 17.2. The molecule has 162 valence electrons. The van der Waals surface area contributed by atoms with Gasteiger partial charge in [-0.1, -0.05) is 0 Å². The molecule has 0 saturated carbocycles. The van der Waals surface area contributed by atoms with Crippen LogP contribution in [-0.4, -0.2) is 49.9 Å². The molecule has 4 heterocycles. The van der Waals surface area contributed by atoms with Crippen LogP contribution in [0.3, 0.4) is 0 Å². The van der Waals surface area contributed by atoms with Crippen molar-refractivity contribution in [3.63, 3.8) is 0 Å². The number of aromatic nitrogens is 4. The number of piperidine rings is 1. The quantitative estimate of drug-likeness (QED) is 0.665. The molecule has 7 nitrogen and oxygen atoms in total. The smallest absolute Gasteiger partial charge is 0.111 e. The van der Waals surface area contributed by atoms with Gasteiger partial charge in [-0.25, -0.2) is 4.98 Å². The minimum absolute atomic E-state index is 0.233. The Morgan fingerprint density at radius 2 is 2.03 bits per heavy atom. The Labute approximate surface area is 183 Å². The monoisotopic (exact) mass is 417 g/mol. The van der Waals surface area contributed by atoms with E-state index < -0.39 is 0 Å². The van der Waals surface area contributed by atoms with E-state index in [1.807, 2.05) is 23.1 Å². The molecular weight excluding hydrogens is 386 g/mol. The number of rotatable bonds is 6. The molecule has 2 aliphatic rings. The highest BCUT2D eigenvalue weighted by Crippen LogP contribution is 2.32. The van der Waals surface area contributed by atoms with E-state index in [1.54, 1.807) is 0 Å². The van der Waals surface area contributed by atoms with Gasteiger partial charge in [0.1, 0.15) is 5.82 Å². The lowest BCUT2D eigenvalue weighted by atomic mass is 9.97. The lowest BCUT2D eigenvalue weighted by molar-refractivity contribution is 0.199. The van der Waals surface area contributed by atoms with E-state index >= 15 is 0 Å². The third-order valence-electron chi connectivity index (χ3n) is 6.87. The molecule has 0 aliphatic carbocycles. The van der Waals surface area contributed by atoms with Gasteiger partial charge in [-0.05, 0) is 63.9 Å². The highest BCUT2D eigenvalue weighted by atomic mass is 15.3. The molecule has 1 aromatic carbocycles. The molecule has 1 N–H and O–H groups in total. The first-order valence-electron chi connectivity index (χ1n) is 11.6. The van der Waals surface area contributed by atoms with Crippen molar-refractivity contribution in [3.05, 3.63) is 42.0 Å². The fraction of sp³-hybridized carbons (Fsp3) is 0.542. The van der Waals surface area contributed by atoms with Gasteiger partial charge in [0.05, 0.1) is 17.1 Å². The second kappa shape index (κ2) is 8.72. The number of fused-ring (bicyclic) bond motifs is 3. The number of anilines is 1. The summed E-state index contributed by atoms with van der Waals surface area (Å²) in [7, 11) is 0. The third-order valence-corrected chi connectivity index (χ3v) is 6.87. The molecule has 0 bridgehead atoms. The zero-order valence-corrected chi connectivity index (χ0v) is 18.3. The Bertz CT molecular complexity index is 1070. The van der Waals surface area contributed by atoms with E-state index in [9.17, 15) is 0 Å². The Hall–Kier alpha value is -2.85. The molecule has 7 heteroatoms. The maximum Gasteiger partial charge on any atom is 0.111 e. The summed E-state index contributed by atoms with van der Waals surface area (Å²) >= 11 is 0. The molecule has 0 radical (unpaired) electrons. The maximum atomic E-state index is 9.17. The van der Waals surface area contributed by atoms with Crippen LogP contribution < -0.4 is 5.32 Å². The first-order chi connectivity index (χ1) is 15.2. The fourth-order valence-corrected chi connectivity index (χ4v) is 5.00. The van der Waals surface area contributed by atoms with Crippen molar-refractivity contribution >= 4 is 16.7 Å². The third kappa shape index (κ3) is 4.17. The highest BCUT2D eigenvalue weighted by molar-refractivity contribution is 5.86. The number of hydrogen-bond donors (Lipinski definition) is 1. The second-order valence-electron chi connectivity index (χ2n) is 8.99. The summed E-state index contributed by atoms with van der Waals surface area (Å²) in [5.74, 6) is 1.38. The Morgan fingerprint density at radius 1 is 1.16 bits per heavy atom. The van der Waals surface area contributed by atoms with Crippen molar-refractivity contribution < 1.29 is 0 Å². The largest absolute Gasteiger partial charge is 0.382 e. The molecule has 31 heavy (non-hydrogen) atoms. The van der Waals surface area contributed by atoms with Crippen molar-refractivity contribution in [1.29, 1.82) is 5.26 Å². The van der Waals surface area contributed by atoms with Gasteiger partial charge in [-0.2, -0.15) is 10.4 Å². The zero-order chi connectivity index (χ0) is 21.2. The number of likely N-dealkylation sites (tertiary alicyclic amines) is 1. The predicted molar refractivity (Wildman–Crippen MR) is 122 cm³/mol. The van der Waals surface area contributed by atoms with E-state index in [4.69, 9.17) is 10.2 Å². The molecule has 1 fully saturated rings. The molecule has 2 aliphatic heterocycles. The van der Waals surface area contributed by atoms with Crippen LogP contribution in [0.4, 0.5) is 5.69 Å². The summed E-state index contributed by atoms with van der Waals surface area (Å²) in [6.45, 7) is 7.06. The van der Waals surface area contributed by atoms with Gasteiger partial charge in [0.25, 0.3) is 0 Å². The molecule has 2 aromatic heterocycles. The molecule has 3 aromatic rings. The van der Waals surface area contributed by atoms with Crippen molar-refractivity contribution in [2.24, 2.45) is 5.92 Å². The Morgan fingerprint density at radius 3 is 2.81 bits per heavy atom. The van der Waals surface area contributed by atoms with E-state index in [1.165, 1.54) is 16.8 Å². The van der Waals surface area contributed by atoms with Crippen molar-refractivity contribution in [3.8, 4) is 6.07 Å². The summed E-state index contributed by atoms with van der Waals surface area (Å²) in [6, 6.07) is 9.40. The minimum Gasteiger partial charge on any atom is -0.382 e. The van der Waals surface area contributed by atoms with E-state index in [-0.39, 0.29) is 5.92 Å². The van der Waals surface area contributed by atoms with Gasteiger partial charge in [-0.15, -0.1) is 0 Å². The van der Waals surface area contributed by atoms with Crippen LogP contribution in [0.5, 0.6) is 0 Å². The van der Waals surface area contributed by atoms with Crippen LogP contribution in [0.15, 0.2) is 30.6 Å². The predicted octanol–water partition coefficient (Wildman–Crippen LogP) is 3.46. The molecule has 1 saturated heterocycles. The molecule has 5 rings (SSSR count). The molecule has 1 atom stereocenters. The summed E-state index contributed by atoms with van der Waals surface area (Å²) in [5.41, 5.74) is 5.02. The van der Waals surface area contributed by atoms with Crippen LogP contribution in [0.25, 0.3) is 11.0 Å². The number of benzene rings is 1. The summed E-state index contributed by atoms with van der Waals surface area (Å²) in [6.07, 6.45) is 8.92. The van der Waals surface area contributed by atoms with Crippen LogP contribution in [-0.2, 0) is 25.9 Å². The first-order valence-corrected chi connectivity index (χ1v) is 11.6. The Kier molecular flexibility index (Phi) is 5.65. The maximum absolute atomic E-state index is 9.17. The van der Waals surface area contributed by atoms with Gasteiger partial charge in [0.2, 0.25) is 0 Å². The molecular formula is C24H31N7. The molecule has 0 unspecified atom stereocenters. The van der Waals surface area contributed by atoms with E-state index in [2.05, 4.69) is 45.0 Å². The topological polar surface area (TPSA) is 74.7 Å². The number of nitriles is 1. The normalized spacial score (nSPS) is 19.8. The number of nitrogens with one attached hydrogen (secondary N) is 1. The summed E-state index contributed by atoms with van der Waals surface area (Å²) in [4.78, 5) is 7.66. The molecule has 0 amide bonds. The SMILES string of the molecule is C[C@H]1CCc2c(ccc3c2nc(CCn2cccn2)n3CCN2CCC(C#N)CC2)N1. The minimum atomic E-state index is 0.233. The average Bonchev–Trinajstić information content (AvgIpc) is 3.44. The lowest BCUT2D eigenvalue weighted by Gasteiger charge is -2.29. The molecule has 0 spiro atoms.